The van der Waals surface area contributed by atoms with Crippen molar-refractivity contribution >= 4 is 16.6 Å². The molecule has 1 unspecified atom stereocenters. The van der Waals surface area contributed by atoms with E-state index in [1.54, 1.807) is 18.5 Å². The molecule has 0 radical (unpaired) electrons. The SMILES string of the molecule is Cc1nnc(N2CCCC(COc3ncccn3)C2)c2ccccc12. The fraction of sp³-hybridized carbons (Fsp3) is 0.368. The van der Waals surface area contributed by atoms with E-state index in [2.05, 4.69) is 43.3 Å². The van der Waals surface area contributed by atoms with Crippen LogP contribution in [0, 0.1) is 12.8 Å². The molecule has 1 fully saturated rings. The first-order valence-corrected chi connectivity index (χ1v) is 8.68. The second-order valence-corrected chi connectivity index (χ2v) is 6.45. The number of anilines is 1. The van der Waals surface area contributed by atoms with Gasteiger partial charge in [0.1, 0.15) is 0 Å². The molecule has 3 heterocycles. The van der Waals surface area contributed by atoms with Gasteiger partial charge in [0.15, 0.2) is 5.82 Å². The molecule has 1 saturated heterocycles. The van der Waals surface area contributed by atoms with E-state index < -0.39 is 0 Å². The number of aromatic nitrogens is 4. The molecule has 1 aliphatic heterocycles. The minimum atomic E-state index is 0.430. The molecule has 6 nitrogen and oxygen atoms in total. The summed E-state index contributed by atoms with van der Waals surface area (Å²) in [6.07, 6.45) is 5.65. The third-order valence-corrected chi connectivity index (χ3v) is 4.66. The maximum absolute atomic E-state index is 5.75. The van der Waals surface area contributed by atoms with Crippen LogP contribution in [0.25, 0.3) is 10.8 Å². The fourth-order valence-electron chi connectivity index (χ4n) is 3.40. The van der Waals surface area contributed by atoms with Crippen molar-refractivity contribution < 1.29 is 4.74 Å². The minimum Gasteiger partial charge on any atom is -0.463 e. The monoisotopic (exact) mass is 335 g/mol. The van der Waals surface area contributed by atoms with Crippen LogP contribution < -0.4 is 9.64 Å². The number of benzene rings is 1. The highest BCUT2D eigenvalue weighted by Crippen LogP contribution is 2.29. The van der Waals surface area contributed by atoms with E-state index in [0.717, 1.165) is 37.4 Å². The standard InChI is InChI=1S/C19H21N5O/c1-14-16-7-2-3-8-17(16)18(23-22-14)24-11-4-6-15(12-24)13-25-19-20-9-5-10-21-19/h2-3,5,7-10,15H,4,6,11-13H2,1H3. The second kappa shape index (κ2) is 7.01. The number of aryl methyl sites for hydroxylation is 1. The van der Waals surface area contributed by atoms with Crippen LogP contribution in [-0.4, -0.2) is 39.9 Å². The molecule has 0 N–H and O–H groups in total. The van der Waals surface area contributed by atoms with E-state index in [-0.39, 0.29) is 0 Å². The number of piperidine rings is 1. The van der Waals surface area contributed by atoms with Crippen LogP contribution in [-0.2, 0) is 0 Å². The highest BCUT2D eigenvalue weighted by molar-refractivity contribution is 5.93. The lowest BCUT2D eigenvalue weighted by Gasteiger charge is -2.33. The van der Waals surface area contributed by atoms with Crippen molar-refractivity contribution in [2.45, 2.75) is 19.8 Å². The Hall–Kier alpha value is -2.76. The lowest BCUT2D eigenvalue weighted by atomic mass is 9.98. The fourth-order valence-corrected chi connectivity index (χ4v) is 3.40. The van der Waals surface area contributed by atoms with Crippen molar-refractivity contribution in [3.8, 4) is 6.01 Å². The van der Waals surface area contributed by atoms with Gasteiger partial charge in [-0.25, -0.2) is 9.97 Å². The molecule has 6 heteroatoms. The van der Waals surface area contributed by atoms with E-state index in [9.17, 15) is 0 Å². The number of rotatable bonds is 4. The topological polar surface area (TPSA) is 64.0 Å². The minimum absolute atomic E-state index is 0.430. The molecule has 1 aromatic carbocycles. The Morgan fingerprint density at radius 1 is 1.08 bits per heavy atom. The van der Waals surface area contributed by atoms with Crippen LogP contribution >= 0.6 is 0 Å². The summed E-state index contributed by atoms with van der Waals surface area (Å²) in [6.45, 7) is 4.54. The maximum Gasteiger partial charge on any atom is 0.316 e. The summed E-state index contributed by atoms with van der Waals surface area (Å²) >= 11 is 0. The van der Waals surface area contributed by atoms with Crippen molar-refractivity contribution in [1.82, 2.24) is 20.2 Å². The van der Waals surface area contributed by atoms with Gasteiger partial charge in [0.2, 0.25) is 0 Å². The van der Waals surface area contributed by atoms with Gasteiger partial charge in [-0.2, -0.15) is 5.10 Å². The van der Waals surface area contributed by atoms with Gasteiger partial charge in [0, 0.05) is 42.2 Å². The molecule has 0 spiro atoms. The molecule has 0 amide bonds. The van der Waals surface area contributed by atoms with E-state index in [1.165, 1.54) is 10.8 Å². The van der Waals surface area contributed by atoms with Gasteiger partial charge in [0.05, 0.1) is 12.3 Å². The van der Waals surface area contributed by atoms with Crippen LogP contribution in [0.15, 0.2) is 42.7 Å². The van der Waals surface area contributed by atoms with Crippen LogP contribution in [0.1, 0.15) is 18.5 Å². The number of nitrogens with zero attached hydrogens (tertiary/aromatic N) is 5. The summed E-state index contributed by atoms with van der Waals surface area (Å²) in [5, 5.41) is 11.2. The third-order valence-electron chi connectivity index (χ3n) is 4.66. The average Bonchev–Trinajstić information content (AvgIpc) is 2.68. The smallest absolute Gasteiger partial charge is 0.316 e. The second-order valence-electron chi connectivity index (χ2n) is 6.45. The molecule has 1 atom stereocenters. The molecule has 2 aromatic heterocycles. The van der Waals surface area contributed by atoms with Crippen molar-refractivity contribution in [3.05, 3.63) is 48.4 Å². The van der Waals surface area contributed by atoms with Gasteiger partial charge >= 0.3 is 6.01 Å². The van der Waals surface area contributed by atoms with Crippen LogP contribution in [0.3, 0.4) is 0 Å². The number of ether oxygens (including phenoxy) is 1. The molecule has 128 valence electrons. The zero-order valence-corrected chi connectivity index (χ0v) is 14.3. The van der Waals surface area contributed by atoms with Crippen LogP contribution in [0.4, 0.5) is 5.82 Å². The summed E-state index contributed by atoms with van der Waals surface area (Å²) in [6, 6.07) is 10.6. The van der Waals surface area contributed by atoms with Gasteiger partial charge in [0.25, 0.3) is 0 Å². The number of hydrogen-bond donors (Lipinski definition) is 0. The average molecular weight is 335 g/mol. The molecule has 25 heavy (non-hydrogen) atoms. The highest BCUT2D eigenvalue weighted by Gasteiger charge is 2.23. The van der Waals surface area contributed by atoms with E-state index in [0.29, 0.717) is 18.5 Å². The molecule has 0 bridgehead atoms. The summed E-state index contributed by atoms with van der Waals surface area (Å²) in [5.74, 6) is 1.40. The Morgan fingerprint density at radius 2 is 1.88 bits per heavy atom. The van der Waals surface area contributed by atoms with E-state index >= 15 is 0 Å². The summed E-state index contributed by atoms with van der Waals surface area (Å²) < 4.78 is 5.75. The van der Waals surface area contributed by atoms with Crippen molar-refractivity contribution in [2.24, 2.45) is 5.92 Å². The van der Waals surface area contributed by atoms with Gasteiger partial charge in [-0.15, -0.1) is 5.10 Å². The first-order chi connectivity index (χ1) is 12.3. The van der Waals surface area contributed by atoms with Gasteiger partial charge in [-0.05, 0) is 25.8 Å². The first kappa shape index (κ1) is 15.7. The summed E-state index contributed by atoms with van der Waals surface area (Å²) in [7, 11) is 0. The third kappa shape index (κ3) is 3.38. The van der Waals surface area contributed by atoms with E-state index in [1.807, 2.05) is 13.0 Å². The largest absolute Gasteiger partial charge is 0.463 e. The Bertz CT molecular complexity index is 855. The summed E-state index contributed by atoms with van der Waals surface area (Å²) in [5.41, 5.74) is 0.970. The van der Waals surface area contributed by atoms with Crippen molar-refractivity contribution in [3.63, 3.8) is 0 Å². The zero-order chi connectivity index (χ0) is 17.1. The molecular formula is C19H21N5O. The Morgan fingerprint density at radius 3 is 2.72 bits per heavy atom. The maximum atomic E-state index is 5.75. The highest BCUT2D eigenvalue weighted by atomic mass is 16.5. The normalized spacial score (nSPS) is 17.6. The van der Waals surface area contributed by atoms with Gasteiger partial charge in [-0.1, -0.05) is 24.3 Å². The van der Waals surface area contributed by atoms with Crippen LogP contribution in [0.2, 0.25) is 0 Å². The zero-order valence-electron chi connectivity index (χ0n) is 14.3. The van der Waals surface area contributed by atoms with Crippen LogP contribution in [0.5, 0.6) is 6.01 Å². The van der Waals surface area contributed by atoms with Crippen molar-refractivity contribution in [2.75, 3.05) is 24.6 Å². The van der Waals surface area contributed by atoms with Gasteiger partial charge in [-0.3, -0.25) is 0 Å². The molecule has 0 saturated carbocycles. The number of hydrogen-bond acceptors (Lipinski definition) is 6. The number of fused-ring (bicyclic) bond motifs is 1. The van der Waals surface area contributed by atoms with Crippen molar-refractivity contribution in [1.29, 1.82) is 0 Å². The predicted molar refractivity (Wildman–Crippen MR) is 96.7 cm³/mol. The summed E-state index contributed by atoms with van der Waals surface area (Å²) in [4.78, 5) is 10.6. The Balaban J connectivity index is 1.51. The quantitative estimate of drug-likeness (QED) is 0.730. The Labute approximate surface area is 146 Å². The molecule has 3 aromatic rings. The molecule has 0 aliphatic carbocycles. The molecular weight excluding hydrogens is 314 g/mol. The Kier molecular flexibility index (Phi) is 4.41. The predicted octanol–water partition coefficient (Wildman–Crippen LogP) is 3.02. The molecule has 1 aliphatic rings. The lowest BCUT2D eigenvalue weighted by molar-refractivity contribution is 0.214. The first-order valence-electron chi connectivity index (χ1n) is 8.68. The lowest BCUT2D eigenvalue weighted by Crippen LogP contribution is -2.38. The molecule has 4 rings (SSSR count). The van der Waals surface area contributed by atoms with Gasteiger partial charge < -0.3 is 9.64 Å². The van der Waals surface area contributed by atoms with E-state index in [4.69, 9.17) is 4.74 Å².